The van der Waals surface area contributed by atoms with Crippen LogP contribution in [0.4, 0.5) is 5.69 Å². The molecule has 17 heavy (non-hydrogen) atoms. The number of amides is 1. The van der Waals surface area contributed by atoms with Crippen molar-refractivity contribution in [1.29, 1.82) is 0 Å². The third-order valence-corrected chi connectivity index (χ3v) is 3.09. The quantitative estimate of drug-likeness (QED) is 0.811. The lowest BCUT2D eigenvalue weighted by molar-refractivity contribution is 0.0932. The van der Waals surface area contributed by atoms with Gasteiger partial charge in [0.05, 0.1) is 5.69 Å². The lowest BCUT2D eigenvalue weighted by atomic mass is 10.1. The van der Waals surface area contributed by atoms with Crippen molar-refractivity contribution in [2.45, 2.75) is 45.7 Å². The number of carbonyl (C=O) groups excluding carboxylic acids is 1. The molecule has 1 amide bonds. The van der Waals surface area contributed by atoms with Gasteiger partial charge in [0.25, 0.3) is 5.91 Å². The molecular formula is C12H20N4O. The number of nitrogens with zero attached hydrogens (tertiary/aromatic N) is 2. The Kier molecular flexibility index (Phi) is 3.36. The van der Waals surface area contributed by atoms with Gasteiger partial charge in [0, 0.05) is 18.8 Å². The molecule has 5 heteroatoms. The fourth-order valence-electron chi connectivity index (χ4n) is 1.98. The second-order valence-electron chi connectivity index (χ2n) is 4.84. The Bertz CT molecular complexity index is 409. The molecule has 0 saturated heterocycles. The van der Waals surface area contributed by atoms with Crippen LogP contribution in [0.3, 0.4) is 0 Å². The highest BCUT2D eigenvalue weighted by atomic mass is 16.2. The van der Waals surface area contributed by atoms with E-state index in [0.717, 1.165) is 18.9 Å². The molecule has 1 aliphatic carbocycles. The minimum Gasteiger partial charge on any atom is -0.396 e. The topological polar surface area (TPSA) is 72.9 Å². The Labute approximate surface area is 101 Å². The summed E-state index contributed by atoms with van der Waals surface area (Å²) in [5, 5.41) is 7.11. The van der Waals surface area contributed by atoms with E-state index in [0.29, 0.717) is 11.4 Å². The maximum Gasteiger partial charge on any atom is 0.274 e. The standard InChI is InChI=1S/C12H20N4O/c1-3-16-7-10(13)11(15-16)12(17)14-8(2)6-9-4-5-9/h7-9H,3-6,13H2,1-2H3,(H,14,17). The van der Waals surface area contributed by atoms with Crippen molar-refractivity contribution < 1.29 is 4.79 Å². The van der Waals surface area contributed by atoms with Crippen LogP contribution in [0.15, 0.2) is 6.20 Å². The molecule has 0 radical (unpaired) electrons. The highest BCUT2D eigenvalue weighted by Gasteiger charge is 2.25. The van der Waals surface area contributed by atoms with Crippen LogP contribution in [0.2, 0.25) is 0 Å². The summed E-state index contributed by atoms with van der Waals surface area (Å²) in [5.74, 6) is 0.638. The maximum atomic E-state index is 11.9. The molecule has 3 N–H and O–H groups in total. The second-order valence-corrected chi connectivity index (χ2v) is 4.84. The molecule has 1 fully saturated rings. The molecule has 0 aliphatic heterocycles. The van der Waals surface area contributed by atoms with Crippen LogP contribution in [0, 0.1) is 5.92 Å². The monoisotopic (exact) mass is 236 g/mol. The van der Waals surface area contributed by atoms with Crippen molar-refractivity contribution in [2.75, 3.05) is 5.73 Å². The van der Waals surface area contributed by atoms with Gasteiger partial charge in [-0.05, 0) is 26.2 Å². The van der Waals surface area contributed by atoms with Crippen LogP contribution in [-0.2, 0) is 6.54 Å². The van der Waals surface area contributed by atoms with E-state index in [1.54, 1.807) is 10.9 Å². The first-order valence-corrected chi connectivity index (χ1v) is 6.24. The molecule has 0 bridgehead atoms. The SMILES string of the molecule is CCn1cc(N)c(C(=O)NC(C)CC2CC2)n1. The van der Waals surface area contributed by atoms with E-state index in [1.807, 2.05) is 13.8 Å². The van der Waals surface area contributed by atoms with Crippen molar-refractivity contribution in [3.8, 4) is 0 Å². The smallest absolute Gasteiger partial charge is 0.274 e. The van der Waals surface area contributed by atoms with E-state index in [-0.39, 0.29) is 11.9 Å². The van der Waals surface area contributed by atoms with Crippen LogP contribution < -0.4 is 11.1 Å². The number of aromatic nitrogens is 2. The first-order valence-electron chi connectivity index (χ1n) is 6.24. The number of carbonyl (C=O) groups is 1. The predicted molar refractivity (Wildman–Crippen MR) is 66.6 cm³/mol. The lowest BCUT2D eigenvalue weighted by Crippen LogP contribution is -2.33. The maximum absolute atomic E-state index is 11.9. The van der Waals surface area contributed by atoms with Gasteiger partial charge in [-0.2, -0.15) is 5.10 Å². The summed E-state index contributed by atoms with van der Waals surface area (Å²) < 4.78 is 1.68. The van der Waals surface area contributed by atoms with Gasteiger partial charge in [-0.15, -0.1) is 0 Å². The minimum absolute atomic E-state index is 0.164. The molecule has 1 aromatic heterocycles. The summed E-state index contributed by atoms with van der Waals surface area (Å²) in [7, 11) is 0. The fourth-order valence-corrected chi connectivity index (χ4v) is 1.98. The summed E-state index contributed by atoms with van der Waals surface area (Å²) in [6, 6.07) is 0.196. The minimum atomic E-state index is -0.164. The van der Waals surface area contributed by atoms with Crippen molar-refractivity contribution in [2.24, 2.45) is 5.92 Å². The third kappa shape index (κ3) is 2.99. The van der Waals surface area contributed by atoms with E-state index >= 15 is 0 Å². The molecule has 1 aromatic rings. The average Bonchev–Trinajstić information content (AvgIpc) is 2.98. The summed E-state index contributed by atoms with van der Waals surface area (Å²) in [6.45, 7) is 4.71. The normalized spacial score (nSPS) is 16.8. The largest absolute Gasteiger partial charge is 0.396 e. The molecule has 1 aliphatic rings. The number of nitrogens with one attached hydrogen (secondary N) is 1. The molecule has 5 nitrogen and oxygen atoms in total. The van der Waals surface area contributed by atoms with Crippen LogP contribution in [0.25, 0.3) is 0 Å². The zero-order valence-electron chi connectivity index (χ0n) is 10.4. The first kappa shape index (κ1) is 12.0. The van der Waals surface area contributed by atoms with Crippen molar-refractivity contribution in [1.82, 2.24) is 15.1 Å². The van der Waals surface area contributed by atoms with Gasteiger partial charge in [0.2, 0.25) is 0 Å². The lowest BCUT2D eigenvalue weighted by Gasteiger charge is -2.12. The van der Waals surface area contributed by atoms with E-state index < -0.39 is 0 Å². The van der Waals surface area contributed by atoms with Crippen LogP contribution in [-0.4, -0.2) is 21.7 Å². The second kappa shape index (κ2) is 4.77. The van der Waals surface area contributed by atoms with E-state index in [1.165, 1.54) is 12.8 Å². The first-order chi connectivity index (χ1) is 8.10. The van der Waals surface area contributed by atoms with Crippen molar-refractivity contribution >= 4 is 11.6 Å². The number of hydrogen-bond donors (Lipinski definition) is 2. The predicted octanol–water partition coefficient (Wildman–Crippen LogP) is 1.40. The zero-order valence-corrected chi connectivity index (χ0v) is 10.4. The Hall–Kier alpha value is -1.52. The molecule has 1 atom stereocenters. The van der Waals surface area contributed by atoms with E-state index in [2.05, 4.69) is 10.4 Å². The molecule has 1 saturated carbocycles. The van der Waals surface area contributed by atoms with Gasteiger partial charge >= 0.3 is 0 Å². The highest BCUT2D eigenvalue weighted by Crippen LogP contribution is 2.33. The van der Waals surface area contributed by atoms with Gasteiger partial charge in [-0.1, -0.05) is 12.8 Å². The number of hydrogen-bond acceptors (Lipinski definition) is 3. The van der Waals surface area contributed by atoms with Crippen molar-refractivity contribution in [3.63, 3.8) is 0 Å². The summed E-state index contributed by atoms with van der Waals surface area (Å²) in [4.78, 5) is 11.9. The Morgan fingerprint density at radius 2 is 2.41 bits per heavy atom. The fraction of sp³-hybridized carbons (Fsp3) is 0.667. The number of rotatable bonds is 5. The van der Waals surface area contributed by atoms with Gasteiger partial charge < -0.3 is 11.1 Å². The molecule has 2 rings (SSSR count). The van der Waals surface area contributed by atoms with E-state index in [4.69, 9.17) is 5.73 Å². The van der Waals surface area contributed by atoms with Gasteiger partial charge in [0.1, 0.15) is 0 Å². The highest BCUT2D eigenvalue weighted by molar-refractivity contribution is 5.97. The summed E-state index contributed by atoms with van der Waals surface area (Å²) >= 11 is 0. The number of nitrogen functional groups attached to an aromatic ring is 1. The van der Waals surface area contributed by atoms with Crippen LogP contribution >= 0.6 is 0 Å². The third-order valence-electron chi connectivity index (χ3n) is 3.09. The molecule has 0 aromatic carbocycles. The molecule has 1 heterocycles. The van der Waals surface area contributed by atoms with Crippen LogP contribution in [0.1, 0.15) is 43.6 Å². The van der Waals surface area contributed by atoms with Crippen LogP contribution in [0.5, 0.6) is 0 Å². The Balaban J connectivity index is 1.95. The number of nitrogens with two attached hydrogens (primary N) is 1. The summed E-state index contributed by atoms with van der Waals surface area (Å²) in [5.41, 5.74) is 6.55. The summed E-state index contributed by atoms with van der Waals surface area (Å²) in [6.07, 6.45) is 5.35. The number of aryl methyl sites for hydroxylation is 1. The Morgan fingerprint density at radius 1 is 1.71 bits per heavy atom. The van der Waals surface area contributed by atoms with Gasteiger partial charge in [-0.25, -0.2) is 0 Å². The average molecular weight is 236 g/mol. The van der Waals surface area contributed by atoms with Gasteiger partial charge in [0.15, 0.2) is 5.69 Å². The molecular weight excluding hydrogens is 216 g/mol. The van der Waals surface area contributed by atoms with E-state index in [9.17, 15) is 4.79 Å². The van der Waals surface area contributed by atoms with Crippen molar-refractivity contribution in [3.05, 3.63) is 11.9 Å². The number of anilines is 1. The molecule has 0 spiro atoms. The molecule has 1 unspecified atom stereocenters. The van der Waals surface area contributed by atoms with Gasteiger partial charge in [-0.3, -0.25) is 9.48 Å². The Morgan fingerprint density at radius 3 is 2.94 bits per heavy atom. The molecule has 94 valence electrons. The zero-order chi connectivity index (χ0) is 12.4.